The zero-order valence-corrected chi connectivity index (χ0v) is 19.1. The number of imide groups is 1. The van der Waals surface area contributed by atoms with Crippen LogP contribution in [0.3, 0.4) is 0 Å². The van der Waals surface area contributed by atoms with Crippen LogP contribution in [0.1, 0.15) is 28.8 Å². The Balaban J connectivity index is 1.13. The molecule has 174 valence electrons. The molecule has 1 aromatic carbocycles. The summed E-state index contributed by atoms with van der Waals surface area (Å²) < 4.78 is 10.5. The molecule has 1 saturated heterocycles. The number of carbonyl (C=O) groups excluding carboxylic acids is 3. The van der Waals surface area contributed by atoms with Crippen molar-refractivity contribution in [1.82, 2.24) is 4.98 Å². The molecule has 2 amide bonds. The van der Waals surface area contributed by atoms with Crippen LogP contribution in [0.15, 0.2) is 48.7 Å². The predicted octanol–water partition coefficient (Wildman–Crippen LogP) is 3.47. The number of allylic oxidation sites excluding steroid dienone is 2. The summed E-state index contributed by atoms with van der Waals surface area (Å²) in [7, 11) is 3.09. The average Bonchev–Trinajstić information content (AvgIpc) is 3.65. The van der Waals surface area contributed by atoms with Gasteiger partial charge in [-0.15, -0.1) is 0 Å². The number of aryl methyl sites for hydroxylation is 1. The molecule has 1 aromatic heterocycles. The zero-order valence-electron chi connectivity index (χ0n) is 19.1. The molecule has 6 atom stereocenters. The lowest BCUT2D eigenvalue weighted by Gasteiger charge is -2.37. The number of nitrogens with zero attached hydrogens (tertiary/aromatic N) is 2. The summed E-state index contributed by atoms with van der Waals surface area (Å²) >= 11 is 0. The fourth-order valence-corrected chi connectivity index (χ4v) is 6.29. The van der Waals surface area contributed by atoms with Gasteiger partial charge in [0.05, 0.1) is 26.1 Å². The maximum Gasteiger partial charge on any atom is 0.239 e. The number of methoxy groups -OCH3 is 2. The summed E-state index contributed by atoms with van der Waals surface area (Å²) in [6.45, 7) is 0. The minimum absolute atomic E-state index is 0.0134. The van der Waals surface area contributed by atoms with Crippen molar-refractivity contribution in [3.8, 4) is 11.5 Å². The van der Waals surface area contributed by atoms with E-state index in [4.69, 9.17) is 9.47 Å². The van der Waals surface area contributed by atoms with E-state index in [1.165, 1.54) is 12.0 Å². The van der Waals surface area contributed by atoms with Crippen molar-refractivity contribution in [2.45, 2.75) is 19.3 Å². The van der Waals surface area contributed by atoms with Gasteiger partial charge in [0.1, 0.15) is 5.82 Å². The van der Waals surface area contributed by atoms with E-state index in [1.807, 2.05) is 6.07 Å². The van der Waals surface area contributed by atoms with Crippen molar-refractivity contribution in [2.75, 3.05) is 19.1 Å². The maximum absolute atomic E-state index is 13.2. The minimum Gasteiger partial charge on any atom is -0.493 e. The van der Waals surface area contributed by atoms with Crippen LogP contribution in [0.5, 0.6) is 11.5 Å². The van der Waals surface area contributed by atoms with E-state index >= 15 is 0 Å². The number of rotatable bonds is 7. The summed E-state index contributed by atoms with van der Waals surface area (Å²) in [6, 6.07) is 8.69. The largest absolute Gasteiger partial charge is 0.493 e. The van der Waals surface area contributed by atoms with E-state index in [0.717, 1.165) is 12.0 Å². The number of amides is 2. The Bertz CT molecular complexity index is 1180. The van der Waals surface area contributed by atoms with Gasteiger partial charge >= 0.3 is 0 Å². The lowest BCUT2D eigenvalue weighted by molar-refractivity contribution is -0.124. The molecule has 2 aromatic rings. The van der Waals surface area contributed by atoms with Crippen LogP contribution in [0.25, 0.3) is 0 Å². The van der Waals surface area contributed by atoms with E-state index in [9.17, 15) is 14.4 Å². The molecule has 6 unspecified atom stereocenters. The van der Waals surface area contributed by atoms with Crippen LogP contribution in [-0.2, 0) is 16.0 Å². The second kappa shape index (κ2) is 7.79. The van der Waals surface area contributed by atoms with Gasteiger partial charge in [-0.25, -0.2) is 9.88 Å². The molecule has 3 fully saturated rings. The molecule has 1 aliphatic heterocycles. The molecular weight excluding hydrogens is 432 g/mol. The first-order valence-corrected chi connectivity index (χ1v) is 11.8. The van der Waals surface area contributed by atoms with Crippen LogP contribution in [0, 0.1) is 35.5 Å². The molecule has 34 heavy (non-hydrogen) atoms. The average molecular weight is 459 g/mol. The Hall–Kier alpha value is -3.48. The van der Waals surface area contributed by atoms with Gasteiger partial charge in [-0.05, 0) is 66.3 Å². The Morgan fingerprint density at radius 1 is 0.971 bits per heavy atom. The molecule has 4 aliphatic carbocycles. The van der Waals surface area contributed by atoms with E-state index in [-0.39, 0.29) is 41.3 Å². The number of Topliss-reactive ketones (excluding diaryl/α,β-unsaturated/α-hetero) is 1. The third-order valence-electron chi connectivity index (χ3n) is 8.05. The predicted molar refractivity (Wildman–Crippen MR) is 124 cm³/mol. The quantitative estimate of drug-likeness (QED) is 0.359. The molecule has 7 rings (SSSR count). The lowest BCUT2D eigenvalue weighted by Crippen LogP contribution is -2.40. The van der Waals surface area contributed by atoms with Gasteiger partial charge in [-0.1, -0.05) is 18.2 Å². The lowest BCUT2D eigenvalue weighted by atomic mass is 9.63. The number of ether oxygens (including phenoxy) is 2. The van der Waals surface area contributed by atoms with Crippen molar-refractivity contribution in [2.24, 2.45) is 35.5 Å². The standard InChI is InChI=1S/C27H26N2O5/c1-33-21-9-5-15(11-22(21)34-2)20(30)8-3-14-4-10-23(28-13-14)29-26(31)24-16-6-7-17(19-12-18(16)19)25(24)27(29)32/h4-7,9-11,13,16-19,24-25H,3,8,12H2,1-2H3. The monoisotopic (exact) mass is 458 g/mol. The molecule has 0 spiro atoms. The smallest absolute Gasteiger partial charge is 0.239 e. The second-order valence-corrected chi connectivity index (χ2v) is 9.68. The number of hydrogen-bond acceptors (Lipinski definition) is 6. The highest BCUT2D eigenvalue weighted by atomic mass is 16.5. The first kappa shape index (κ1) is 21.1. The van der Waals surface area contributed by atoms with Crippen LogP contribution in [-0.4, -0.2) is 36.8 Å². The fraction of sp³-hybridized carbons (Fsp3) is 0.407. The molecule has 2 heterocycles. The van der Waals surface area contributed by atoms with Gasteiger partial charge in [0, 0.05) is 18.2 Å². The third-order valence-corrected chi connectivity index (χ3v) is 8.05. The maximum atomic E-state index is 13.2. The fourth-order valence-electron chi connectivity index (χ4n) is 6.29. The number of hydrogen-bond donors (Lipinski definition) is 0. The van der Waals surface area contributed by atoms with Gasteiger partial charge in [-0.3, -0.25) is 14.4 Å². The molecule has 7 nitrogen and oxygen atoms in total. The van der Waals surface area contributed by atoms with Crippen LogP contribution < -0.4 is 14.4 Å². The van der Waals surface area contributed by atoms with E-state index in [0.29, 0.717) is 47.6 Å². The van der Waals surface area contributed by atoms with Gasteiger partial charge in [0.15, 0.2) is 17.3 Å². The molecule has 2 bridgehead atoms. The van der Waals surface area contributed by atoms with E-state index in [1.54, 1.807) is 37.6 Å². The number of benzene rings is 1. The highest BCUT2D eigenvalue weighted by Gasteiger charge is 2.67. The van der Waals surface area contributed by atoms with E-state index in [2.05, 4.69) is 17.1 Å². The topological polar surface area (TPSA) is 85.8 Å². The first-order valence-electron chi connectivity index (χ1n) is 11.8. The Morgan fingerprint density at radius 2 is 1.65 bits per heavy atom. The Labute approximate surface area is 197 Å². The van der Waals surface area contributed by atoms with Crippen LogP contribution >= 0.6 is 0 Å². The van der Waals surface area contributed by atoms with Gasteiger partial charge in [0.2, 0.25) is 11.8 Å². The summed E-state index contributed by atoms with van der Waals surface area (Å²) in [4.78, 5) is 44.9. The zero-order chi connectivity index (χ0) is 23.6. The minimum atomic E-state index is -0.230. The van der Waals surface area contributed by atoms with Crippen LogP contribution in [0.4, 0.5) is 5.82 Å². The summed E-state index contributed by atoms with van der Waals surface area (Å²) in [5.41, 5.74) is 1.43. The van der Waals surface area contributed by atoms with Crippen molar-refractivity contribution in [3.05, 3.63) is 59.8 Å². The van der Waals surface area contributed by atoms with E-state index < -0.39 is 0 Å². The van der Waals surface area contributed by atoms with Crippen LogP contribution in [0.2, 0.25) is 0 Å². The highest BCUT2D eigenvalue weighted by Crippen LogP contribution is 2.65. The molecule has 2 saturated carbocycles. The Kier molecular flexibility index (Phi) is 4.83. The summed E-state index contributed by atoms with van der Waals surface area (Å²) in [6.07, 6.45) is 7.95. The number of carbonyl (C=O) groups is 3. The molecule has 0 radical (unpaired) electrons. The normalized spacial score (nSPS) is 30.2. The number of ketones is 1. The first-order chi connectivity index (χ1) is 16.5. The van der Waals surface area contributed by atoms with Crippen molar-refractivity contribution >= 4 is 23.4 Å². The van der Waals surface area contributed by atoms with Gasteiger partial charge in [0.25, 0.3) is 0 Å². The second-order valence-electron chi connectivity index (χ2n) is 9.68. The molecule has 5 aliphatic rings. The molecule has 7 heteroatoms. The molecule has 0 N–H and O–H groups in total. The number of pyridine rings is 1. The highest BCUT2D eigenvalue weighted by molar-refractivity contribution is 6.22. The number of aromatic nitrogens is 1. The van der Waals surface area contributed by atoms with Gasteiger partial charge < -0.3 is 9.47 Å². The summed E-state index contributed by atoms with van der Waals surface area (Å²) in [5, 5.41) is 0. The third kappa shape index (κ3) is 3.10. The summed E-state index contributed by atoms with van der Waals surface area (Å²) in [5.74, 6) is 2.33. The number of anilines is 1. The van der Waals surface area contributed by atoms with Crippen molar-refractivity contribution in [1.29, 1.82) is 0 Å². The SMILES string of the molecule is COc1ccc(C(=O)CCc2ccc(N3C(=O)C4C5C=CC(C6CC56)C4C3=O)nc2)cc1OC. The Morgan fingerprint density at radius 3 is 2.24 bits per heavy atom. The molecular formula is C27H26N2O5. The van der Waals surface area contributed by atoms with Crippen molar-refractivity contribution < 1.29 is 23.9 Å². The van der Waals surface area contributed by atoms with Crippen molar-refractivity contribution in [3.63, 3.8) is 0 Å². The van der Waals surface area contributed by atoms with Gasteiger partial charge in [-0.2, -0.15) is 0 Å².